The van der Waals surface area contributed by atoms with E-state index in [1.807, 2.05) is 6.20 Å². The average molecular weight is 174 g/mol. The number of fused-ring (bicyclic) bond motifs is 1. The van der Waals surface area contributed by atoms with Crippen molar-refractivity contribution in [3.05, 3.63) is 30.0 Å². The summed E-state index contributed by atoms with van der Waals surface area (Å²) in [6.07, 6.45) is 5.58. The first-order chi connectivity index (χ1) is 6.40. The lowest BCUT2D eigenvalue weighted by molar-refractivity contribution is 0.796. The van der Waals surface area contributed by atoms with Crippen LogP contribution in [0.3, 0.4) is 0 Å². The SMILES string of the molecule is CCCCc1ccc2[nH]ncc2c1. The maximum atomic E-state index is 4.00. The standard InChI is InChI=1S/C11H14N2/c1-2-3-4-9-5-6-11-10(7-9)8-12-13-11/h5-8H,2-4H2,1H3,(H,12,13). The molecule has 1 N–H and O–H groups in total. The molecular weight excluding hydrogens is 160 g/mol. The number of nitrogens with one attached hydrogen (secondary N) is 1. The van der Waals surface area contributed by atoms with Gasteiger partial charge in [0.15, 0.2) is 0 Å². The zero-order valence-corrected chi connectivity index (χ0v) is 7.88. The predicted molar refractivity (Wildman–Crippen MR) is 54.7 cm³/mol. The molecule has 0 amide bonds. The largest absolute Gasteiger partial charge is 0.278 e. The third-order valence-electron chi connectivity index (χ3n) is 2.32. The van der Waals surface area contributed by atoms with Gasteiger partial charge in [-0.3, -0.25) is 5.10 Å². The molecule has 13 heavy (non-hydrogen) atoms. The zero-order valence-electron chi connectivity index (χ0n) is 7.88. The minimum absolute atomic E-state index is 1.13. The summed E-state index contributed by atoms with van der Waals surface area (Å²) in [7, 11) is 0. The van der Waals surface area contributed by atoms with Crippen LogP contribution in [0.1, 0.15) is 25.3 Å². The zero-order chi connectivity index (χ0) is 9.10. The molecule has 0 unspecified atom stereocenters. The van der Waals surface area contributed by atoms with Crippen LogP contribution in [0.5, 0.6) is 0 Å². The smallest absolute Gasteiger partial charge is 0.0650 e. The summed E-state index contributed by atoms with van der Waals surface area (Å²) in [5, 5.41) is 8.17. The third-order valence-corrected chi connectivity index (χ3v) is 2.32. The summed E-state index contributed by atoms with van der Waals surface area (Å²) in [5.74, 6) is 0. The molecule has 2 rings (SSSR count). The van der Waals surface area contributed by atoms with Crippen LogP contribution < -0.4 is 0 Å². The van der Waals surface area contributed by atoms with Gasteiger partial charge in [-0.1, -0.05) is 19.4 Å². The van der Waals surface area contributed by atoms with Crippen LogP contribution in [0.4, 0.5) is 0 Å². The lowest BCUT2D eigenvalue weighted by Crippen LogP contribution is -1.83. The molecular formula is C11H14N2. The molecule has 0 bridgehead atoms. The highest BCUT2D eigenvalue weighted by Crippen LogP contribution is 2.14. The van der Waals surface area contributed by atoms with Crippen molar-refractivity contribution in [1.82, 2.24) is 10.2 Å². The summed E-state index contributed by atoms with van der Waals surface area (Å²) in [5.41, 5.74) is 2.54. The van der Waals surface area contributed by atoms with E-state index in [-0.39, 0.29) is 0 Å². The minimum Gasteiger partial charge on any atom is -0.278 e. The first-order valence-electron chi connectivity index (χ1n) is 4.82. The number of unbranched alkanes of at least 4 members (excludes halogenated alkanes) is 1. The molecule has 1 aromatic heterocycles. The Hall–Kier alpha value is -1.31. The third kappa shape index (κ3) is 1.72. The van der Waals surface area contributed by atoms with Crippen LogP contribution in [-0.4, -0.2) is 10.2 Å². The molecule has 0 aliphatic heterocycles. The van der Waals surface area contributed by atoms with Gasteiger partial charge in [-0.15, -0.1) is 0 Å². The van der Waals surface area contributed by atoms with E-state index in [0.29, 0.717) is 0 Å². The maximum Gasteiger partial charge on any atom is 0.0650 e. The van der Waals surface area contributed by atoms with Crippen molar-refractivity contribution >= 4 is 10.9 Å². The first-order valence-corrected chi connectivity index (χ1v) is 4.82. The molecule has 0 fully saturated rings. The highest BCUT2D eigenvalue weighted by atomic mass is 15.1. The summed E-state index contributed by atoms with van der Waals surface area (Å²) in [4.78, 5) is 0. The summed E-state index contributed by atoms with van der Waals surface area (Å²) in [6.45, 7) is 2.22. The normalized spacial score (nSPS) is 10.8. The number of rotatable bonds is 3. The van der Waals surface area contributed by atoms with Crippen LogP contribution in [0, 0.1) is 0 Å². The van der Waals surface area contributed by atoms with Crippen LogP contribution >= 0.6 is 0 Å². The Balaban J connectivity index is 2.26. The van der Waals surface area contributed by atoms with Gasteiger partial charge in [0.1, 0.15) is 0 Å². The highest BCUT2D eigenvalue weighted by Gasteiger charge is 1.96. The Bertz CT molecular complexity index is 390. The maximum absolute atomic E-state index is 4.00. The van der Waals surface area contributed by atoms with Crippen molar-refractivity contribution in [2.24, 2.45) is 0 Å². The lowest BCUT2D eigenvalue weighted by atomic mass is 10.1. The highest BCUT2D eigenvalue weighted by molar-refractivity contribution is 5.78. The van der Waals surface area contributed by atoms with Crippen LogP contribution in [0.15, 0.2) is 24.4 Å². The quantitative estimate of drug-likeness (QED) is 0.761. The molecule has 1 heterocycles. The fraction of sp³-hybridized carbons (Fsp3) is 0.364. The molecule has 2 heteroatoms. The number of hydrogen-bond donors (Lipinski definition) is 1. The Labute approximate surface area is 78.0 Å². The van der Waals surface area contributed by atoms with E-state index in [2.05, 4.69) is 35.3 Å². The van der Waals surface area contributed by atoms with Crippen molar-refractivity contribution in [3.63, 3.8) is 0 Å². The minimum atomic E-state index is 1.13. The number of aromatic amines is 1. The van der Waals surface area contributed by atoms with Gasteiger partial charge in [0.2, 0.25) is 0 Å². The molecule has 0 aliphatic carbocycles. The predicted octanol–water partition coefficient (Wildman–Crippen LogP) is 2.91. The number of H-pyrrole nitrogens is 1. The molecule has 0 atom stereocenters. The lowest BCUT2D eigenvalue weighted by Gasteiger charge is -1.98. The second kappa shape index (κ2) is 3.60. The van der Waals surface area contributed by atoms with Gasteiger partial charge in [0.05, 0.1) is 11.7 Å². The van der Waals surface area contributed by atoms with E-state index in [1.165, 1.54) is 30.2 Å². The van der Waals surface area contributed by atoms with Gasteiger partial charge in [-0.25, -0.2) is 0 Å². The summed E-state index contributed by atoms with van der Waals surface area (Å²) in [6, 6.07) is 6.50. The van der Waals surface area contributed by atoms with Gasteiger partial charge < -0.3 is 0 Å². The second-order valence-corrected chi connectivity index (χ2v) is 3.40. The van der Waals surface area contributed by atoms with E-state index in [0.717, 1.165) is 5.52 Å². The van der Waals surface area contributed by atoms with E-state index in [1.54, 1.807) is 0 Å². The molecule has 0 radical (unpaired) electrons. The van der Waals surface area contributed by atoms with E-state index >= 15 is 0 Å². The van der Waals surface area contributed by atoms with Gasteiger partial charge in [-0.05, 0) is 30.5 Å². The van der Waals surface area contributed by atoms with Gasteiger partial charge in [0.25, 0.3) is 0 Å². The van der Waals surface area contributed by atoms with Crippen LogP contribution in [-0.2, 0) is 6.42 Å². The van der Waals surface area contributed by atoms with Crippen molar-refractivity contribution < 1.29 is 0 Å². The van der Waals surface area contributed by atoms with Crippen LogP contribution in [0.25, 0.3) is 10.9 Å². The second-order valence-electron chi connectivity index (χ2n) is 3.40. The number of benzene rings is 1. The molecule has 1 aromatic carbocycles. The molecule has 0 saturated carbocycles. The van der Waals surface area contributed by atoms with Crippen molar-refractivity contribution in [2.75, 3.05) is 0 Å². The van der Waals surface area contributed by atoms with Gasteiger partial charge in [0, 0.05) is 5.39 Å². The Morgan fingerprint density at radius 3 is 3.15 bits per heavy atom. The molecule has 68 valence electrons. The summed E-state index contributed by atoms with van der Waals surface area (Å²) < 4.78 is 0. The average Bonchev–Trinajstić information content (AvgIpc) is 2.61. The number of hydrogen-bond acceptors (Lipinski definition) is 1. The molecule has 0 spiro atoms. The summed E-state index contributed by atoms with van der Waals surface area (Å²) >= 11 is 0. The molecule has 0 saturated heterocycles. The van der Waals surface area contributed by atoms with Crippen molar-refractivity contribution in [2.45, 2.75) is 26.2 Å². The Morgan fingerprint density at radius 1 is 1.38 bits per heavy atom. The first kappa shape index (κ1) is 8.30. The number of aryl methyl sites for hydroxylation is 1. The van der Waals surface area contributed by atoms with Crippen molar-refractivity contribution in [1.29, 1.82) is 0 Å². The number of aromatic nitrogens is 2. The monoisotopic (exact) mass is 174 g/mol. The van der Waals surface area contributed by atoms with E-state index in [9.17, 15) is 0 Å². The van der Waals surface area contributed by atoms with Crippen molar-refractivity contribution in [3.8, 4) is 0 Å². The fourth-order valence-corrected chi connectivity index (χ4v) is 1.53. The van der Waals surface area contributed by atoms with Gasteiger partial charge in [-0.2, -0.15) is 5.10 Å². The van der Waals surface area contributed by atoms with Gasteiger partial charge >= 0.3 is 0 Å². The van der Waals surface area contributed by atoms with E-state index in [4.69, 9.17) is 0 Å². The molecule has 2 nitrogen and oxygen atoms in total. The number of nitrogens with zero attached hydrogens (tertiary/aromatic N) is 1. The van der Waals surface area contributed by atoms with E-state index < -0.39 is 0 Å². The molecule has 2 aromatic rings. The van der Waals surface area contributed by atoms with Crippen LogP contribution in [0.2, 0.25) is 0 Å². The Morgan fingerprint density at radius 2 is 2.31 bits per heavy atom. The topological polar surface area (TPSA) is 28.7 Å². The molecule has 0 aliphatic rings. The fourth-order valence-electron chi connectivity index (χ4n) is 1.53. The Kier molecular flexibility index (Phi) is 2.30.